The van der Waals surface area contributed by atoms with Crippen LogP contribution in [0.5, 0.6) is 0 Å². The molecule has 2 N–H and O–H groups in total. The van der Waals surface area contributed by atoms with Crippen molar-refractivity contribution in [3.63, 3.8) is 0 Å². The van der Waals surface area contributed by atoms with E-state index in [-0.39, 0.29) is 0 Å². The van der Waals surface area contributed by atoms with E-state index in [0.29, 0.717) is 12.1 Å². The van der Waals surface area contributed by atoms with Crippen molar-refractivity contribution in [2.24, 2.45) is 11.7 Å². The van der Waals surface area contributed by atoms with Crippen LogP contribution in [0.1, 0.15) is 46.5 Å². The maximum Gasteiger partial charge on any atom is 0.0249 e. The molecule has 2 nitrogen and oxygen atoms in total. The van der Waals surface area contributed by atoms with Crippen molar-refractivity contribution in [2.45, 2.75) is 58.5 Å². The predicted octanol–water partition coefficient (Wildman–Crippen LogP) is 2.23. The van der Waals surface area contributed by atoms with E-state index in [9.17, 15) is 0 Å². The zero-order valence-corrected chi connectivity index (χ0v) is 10.00. The van der Waals surface area contributed by atoms with Crippen LogP contribution in [0, 0.1) is 5.92 Å². The van der Waals surface area contributed by atoms with Gasteiger partial charge in [0.25, 0.3) is 0 Å². The summed E-state index contributed by atoms with van der Waals surface area (Å²) in [5, 5.41) is 0. The molecule has 1 aliphatic carbocycles. The average molecular weight is 198 g/mol. The smallest absolute Gasteiger partial charge is 0.0249 e. The van der Waals surface area contributed by atoms with Gasteiger partial charge in [0, 0.05) is 18.6 Å². The molecule has 1 fully saturated rings. The average Bonchev–Trinajstić information content (AvgIpc) is 2.07. The van der Waals surface area contributed by atoms with Gasteiger partial charge in [0.2, 0.25) is 0 Å². The first-order chi connectivity index (χ1) is 6.70. The Morgan fingerprint density at radius 2 is 2.00 bits per heavy atom. The second-order valence-electron chi connectivity index (χ2n) is 4.83. The monoisotopic (exact) mass is 198 g/mol. The first-order valence-corrected chi connectivity index (χ1v) is 6.16. The maximum absolute atomic E-state index is 5.91. The van der Waals surface area contributed by atoms with Gasteiger partial charge in [-0.25, -0.2) is 0 Å². The van der Waals surface area contributed by atoms with Gasteiger partial charge in [-0.1, -0.05) is 13.3 Å². The standard InChI is InChI=1S/C12H26N2/c1-4-8-14(10(2)3)12(9-13)11-6-5-7-11/h10-12H,4-9,13H2,1-3H3. The van der Waals surface area contributed by atoms with E-state index in [1.165, 1.54) is 32.2 Å². The Labute approximate surface area is 88.8 Å². The first-order valence-electron chi connectivity index (χ1n) is 6.16. The Hall–Kier alpha value is -0.0800. The molecule has 1 atom stereocenters. The largest absolute Gasteiger partial charge is 0.329 e. The fraction of sp³-hybridized carbons (Fsp3) is 1.00. The van der Waals surface area contributed by atoms with Crippen LogP contribution in [0.25, 0.3) is 0 Å². The van der Waals surface area contributed by atoms with Gasteiger partial charge in [-0.3, -0.25) is 4.90 Å². The van der Waals surface area contributed by atoms with E-state index in [0.717, 1.165) is 12.5 Å². The molecule has 0 aromatic rings. The second kappa shape index (κ2) is 5.72. The molecule has 14 heavy (non-hydrogen) atoms. The summed E-state index contributed by atoms with van der Waals surface area (Å²) in [4.78, 5) is 2.60. The van der Waals surface area contributed by atoms with Crippen LogP contribution in [0.3, 0.4) is 0 Å². The lowest BCUT2D eigenvalue weighted by atomic mass is 9.78. The molecule has 1 rings (SSSR count). The predicted molar refractivity (Wildman–Crippen MR) is 62.3 cm³/mol. The lowest BCUT2D eigenvalue weighted by Gasteiger charge is -2.42. The molecule has 0 spiro atoms. The van der Waals surface area contributed by atoms with E-state index in [2.05, 4.69) is 25.7 Å². The minimum absolute atomic E-state index is 0.642. The summed E-state index contributed by atoms with van der Waals surface area (Å²) in [5.41, 5.74) is 5.91. The van der Waals surface area contributed by atoms with Crippen LogP contribution in [0.4, 0.5) is 0 Å². The summed E-state index contributed by atoms with van der Waals surface area (Å²) >= 11 is 0. The SMILES string of the molecule is CCCN(C(C)C)C(CN)C1CCC1. The quantitative estimate of drug-likeness (QED) is 0.709. The number of hydrogen-bond donors (Lipinski definition) is 1. The van der Waals surface area contributed by atoms with E-state index in [1.807, 2.05) is 0 Å². The van der Waals surface area contributed by atoms with Crippen molar-refractivity contribution >= 4 is 0 Å². The van der Waals surface area contributed by atoms with Crippen molar-refractivity contribution < 1.29 is 0 Å². The van der Waals surface area contributed by atoms with Gasteiger partial charge in [-0.15, -0.1) is 0 Å². The molecule has 84 valence electrons. The molecule has 0 amide bonds. The van der Waals surface area contributed by atoms with Crippen molar-refractivity contribution in [3.05, 3.63) is 0 Å². The van der Waals surface area contributed by atoms with Crippen LogP contribution < -0.4 is 5.73 Å². The molecule has 0 radical (unpaired) electrons. The van der Waals surface area contributed by atoms with Gasteiger partial charge in [0.05, 0.1) is 0 Å². The highest BCUT2D eigenvalue weighted by Gasteiger charge is 2.31. The minimum Gasteiger partial charge on any atom is -0.329 e. The lowest BCUT2D eigenvalue weighted by molar-refractivity contribution is 0.0746. The molecule has 0 heterocycles. The normalized spacial score (nSPS) is 20.1. The molecule has 1 saturated carbocycles. The highest BCUT2D eigenvalue weighted by atomic mass is 15.2. The van der Waals surface area contributed by atoms with Crippen LogP contribution in [0.2, 0.25) is 0 Å². The number of nitrogens with zero attached hydrogens (tertiary/aromatic N) is 1. The molecule has 0 aromatic carbocycles. The van der Waals surface area contributed by atoms with Crippen molar-refractivity contribution in [1.29, 1.82) is 0 Å². The molecule has 0 bridgehead atoms. The van der Waals surface area contributed by atoms with Crippen LogP contribution in [-0.2, 0) is 0 Å². The first kappa shape index (κ1) is 12.0. The van der Waals surface area contributed by atoms with Crippen LogP contribution in [-0.4, -0.2) is 30.1 Å². The summed E-state index contributed by atoms with van der Waals surface area (Å²) < 4.78 is 0. The molecule has 0 saturated heterocycles. The molecule has 0 aliphatic heterocycles. The second-order valence-corrected chi connectivity index (χ2v) is 4.83. The summed E-state index contributed by atoms with van der Waals surface area (Å²) in [6.45, 7) is 8.87. The van der Waals surface area contributed by atoms with Crippen molar-refractivity contribution in [3.8, 4) is 0 Å². The molecular weight excluding hydrogens is 172 g/mol. The van der Waals surface area contributed by atoms with Gasteiger partial charge < -0.3 is 5.73 Å². The number of nitrogens with two attached hydrogens (primary N) is 1. The van der Waals surface area contributed by atoms with Gasteiger partial charge in [0.15, 0.2) is 0 Å². The molecule has 1 aliphatic rings. The van der Waals surface area contributed by atoms with Crippen molar-refractivity contribution in [1.82, 2.24) is 4.90 Å². The van der Waals surface area contributed by atoms with E-state index in [1.54, 1.807) is 0 Å². The zero-order valence-electron chi connectivity index (χ0n) is 10.00. The number of hydrogen-bond acceptors (Lipinski definition) is 2. The maximum atomic E-state index is 5.91. The van der Waals surface area contributed by atoms with Gasteiger partial charge >= 0.3 is 0 Å². The van der Waals surface area contributed by atoms with E-state index < -0.39 is 0 Å². The number of rotatable bonds is 6. The molecule has 0 aromatic heterocycles. The Kier molecular flexibility index (Phi) is 4.90. The fourth-order valence-electron chi connectivity index (χ4n) is 2.49. The lowest BCUT2D eigenvalue weighted by Crippen LogP contribution is -2.50. The Morgan fingerprint density at radius 1 is 1.36 bits per heavy atom. The third-order valence-corrected chi connectivity index (χ3v) is 3.51. The Bertz CT molecular complexity index is 152. The third kappa shape index (κ3) is 2.71. The zero-order chi connectivity index (χ0) is 10.6. The molecule has 2 heteroatoms. The van der Waals surface area contributed by atoms with Crippen LogP contribution >= 0.6 is 0 Å². The summed E-state index contributed by atoms with van der Waals surface area (Å²) in [6, 6.07) is 1.28. The Morgan fingerprint density at radius 3 is 2.29 bits per heavy atom. The van der Waals surface area contributed by atoms with Crippen LogP contribution in [0.15, 0.2) is 0 Å². The van der Waals surface area contributed by atoms with E-state index >= 15 is 0 Å². The topological polar surface area (TPSA) is 29.3 Å². The highest BCUT2D eigenvalue weighted by Crippen LogP contribution is 2.32. The van der Waals surface area contributed by atoms with Gasteiger partial charge in [0.1, 0.15) is 0 Å². The highest BCUT2D eigenvalue weighted by molar-refractivity contribution is 4.86. The fourth-order valence-corrected chi connectivity index (χ4v) is 2.49. The molecular formula is C12H26N2. The van der Waals surface area contributed by atoms with Gasteiger partial charge in [-0.05, 0) is 45.6 Å². The summed E-state index contributed by atoms with van der Waals surface area (Å²) in [5.74, 6) is 0.883. The van der Waals surface area contributed by atoms with Gasteiger partial charge in [-0.2, -0.15) is 0 Å². The molecule has 1 unspecified atom stereocenters. The third-order valence-electron chi connectivity index (χ3n) is 3.51. The minimum atomic E-state index is 0.642. The van der Waals surface area contributed by atoms with Crippen molar-refractivity contribution in [2.75, 3.05) is 13.1 Å². The summed E-state index contributed by atoms with van der Waals surface area (Å²) in [6.07, 6.45) is 5.45. The Balaban J connectivity index is 2.52. The summed E-state index contributed by atoms with van der Waals surface area (Å²) in [7, 11) is 0. The van der Waals surface area contributed by atoms with E-state index in [4.69, 9.17) is 5.73 Å².